The minimum atomic E-state index is -3.98. The fraction of sp³-hybridized carbons (Fsp3) is 0.600. The minimum Gasteiger partial charge on any atom is -0.462 e. The van der Waals surface area contributed by atoms with Gasteiger partial charge in [-0.15, -0.1) is 0 Å². The Kier molecular flexibility index (Phi) is 9.12. The monoisotopic (exact) mass is 683 g/mol. The lowest BCUT2D eigenvalue weighted by atomic mass is 9.90. The van der Waals surface area contributed by atoms with Crippen molar-refractivity contribution in [2.24, 2.45) is 29.1 Å². The maximum Gasteiger partial charge on any atom is 0.306 e. The summed E-state index contributed by atoms with van der Waals surface area (Å²) in [6.45, 7) is 4.54. The number of aliphatic hydroxyl groups excluding tert-OH is 2. The van der Waals surface area contributed by atoms with E-state index in [9.17, 15) is 23.4 Å². The van der Waals surface area contributed by atoms with Crippen LogP contribution in [0.3, 0.4) is 0 Å². The molecule has 4 aliphatic rings. The Morgan fingerprint density at radius 2 is 1.98 bits per heavy atom. The number of carbonyl (C=O) groups is 1. The van der Waals surface area contributed by atoms with Gasteiger partial charge in [-0.3, -0.25) is 4.79 Å². The van der Waals surface area contributed by atoms with Crippen LogP contribution in [0.15, 0.2) is 53.4 Å². The number of hydrogen-bond donors (Lipinski definition) is 3. The molecule has 2 aromatic carbocycles. The smallest absolute Gasteiger partial charge is 0.306 e. The van der Waals surface area contributed by atoms with Crippen molar-refractivity contribution in [2.45, 2.75) is 88.2 Å². The highest BCUT2D eigenvalue weighted by molar-refractivity contribution is 7.89. The molecule has 3 aromatic rings. The van der Waals surface area contributed by atoms with Gasteiger partial charge < -0.3 is 25.0 Å². The second-order valence-electron chi connectivity index (χ2n) is 14.6. The molecular formula is C35H45N3O7S2. The van der Waals surface area contributed by atoms with Crippen LogP contribution in [0.1, 0.15) is 57.9 Å². The Morgan fingerprint density at radius 3 is 2.68 bits per heavy atom. The number of aliphatic hydroxyl groups is 2. The third-order valence-electron chi connectivity index (χ3n) is 10.6. The van der Waals surface area contributed by atoms with Crippen molar-refractivity contribution >= 4 is 42.7 Å². The van der Waals surface area contributed by atoms with Crippen LogP contribution in [0.4, 0.5) is 5.13 Å². The highest BCUT2D eigenvalue weighted by Gasteiger charge is 2.50. The molecule has 0 radical (unpaired) electrons. The molecule has 1 aliphatic heterocycles. The molecule has 1 saturated heterocycles. The standard InChI is InChI=1S/C35H45N3O7S2/c1-21-27-15-24(19-44-33(27)41)32(21)45-31(40)16-23(14-22-6-4-3-5-7-22)29(39)18-38(20-35(2)12-13-35)47(42,43)26-10-11-28-30(17-26)46-34(37-28)36-25-8-9-25/h3-7,10-11,17,21,23-25,27,29,32-33,39,41H,8-9,12-16,18-20H2,1-2H3,(H,36,37)/t21?,23-,24?,27?,29-,32?,33?/m1/s1. The molecule has 5 unspecified atom stereocenters. The molecular weight excluding hydrogens is 639 g/mol. The van der Waals surface area contributed by atoms with Crippen LogP contribution >= 0.6 is 11.3 Å². The summed E-state index contributed by atoms with van der Waals surface area (Å²) in [6, 6.07) is 15.1. The lowest BCUT2D eigenvalue weighted by molar-refractivity contribution is -0.164. The fourth-order valence-electron chi connectivity index (χ4n) is 7.22. The number of rotatable bonds is 14. The van der Waals surface area contributed by atoms with Gasteiger partial charge in [0.05, 0.1) is 34.2 Å². The Balaban J connectivity index is 1.11. The third kappa shape index (κ3) is 7.38. The summed E-state index contributed by atoms with van der Waals surface area (Å²) in [5.41, 5.74) is 1.54. The zero-order chi connectivity index (χ0) is 32.9. The molecule has 4 fully saturated rings. The van der Waals surface area contributed by atoms with E-state index in [1.165, 1.54) is 15.6 Å². The van der Waals surface area contributed by atoms with Crippen molar-refractivity contribution in [3.63, 3.8) is 0 Å². The maximum absolute atomic E-state index is 14.3. The number of hydrogen-bond acceptors (Lipinski definition) is 10. The number of aromatic nitrogens is 1. The van der Waals surface area contributed by atoms with E-state index in [0.717, 1.165) is 53.0 Å². The van der Waals surface area contributed by atoms with Gasteiger partial charge in [0, 0.05) is 42.8 Å². The zero-order valence-corrected chi connectivity index (χ0v) is 28.6. The number of nitrogens with one attached hydrogen (secondary N) is 1. The van der Waals surface area contributed by atoms with Gasteiger partial charge in [-0.1, -0.05) is 55.5 Å². The zero-order valence-electron chi connectivity index (χ0n) is 27.0. The number of anilines is 1. The quantitative estimate of drug-likeness (QED) is 0.205. The first-order chi connectivity index (χ1) is 22.5. The first-order valence-corrected chi connectivity index (χ1v) is 19.1. The second kappa shape index (κ2) is 13.0. The normalized spacial score (nSPS) is 27.9. The predicted molar refractivity (Wildman–Crippen MR) is 179 cm³/mol. The van der Waals surface area contributed by atoms with Gasteiger partial charge in [-0.25, -0.2) is 13.4 Å². The van der Waals surface area contributed by atoms with E-state index in [0.29, 0.717) is 19.1 Å². The van der Waals surface area contributed by atoms with E-state index in [2.05, 4.69) is 17.2 Å². The lowest BCUT2D eigenvalue weighted by Gasteiger charge is -2.31. The number of nitrogens with zero attached hydrogens (tertiary/aromatic N) is 2. The van der Waals surface area contributed by atoms with Crippen LogP contribution in [0.5, 0.6) is 0 Å². The Hall–Kier alpha value is -2.61. The fourth-order valence-corrected chi connectivity index (χ4v) is 9.91. The molecule has 47 heavy (non-hydrogen) atoms. The largest absolute Gasteiger partial charge is 0.462 e. The molecule has 7 atom stereocenters. The summed E-state index contributed by atoms with van der Waals surface area (Å²) in [6.07, 6.45) is 2.81. The molecule has 3 saturated carbocycles. The Bertz CT molecular complexity index is 1690. The van der Waals surface area contributed by atoms with E-state index in [-0.39, 0.29) is 53.7 Å². The van der Waals surface area contributed by atoms with Crippen molar-refractivity contribution in [1.29, 1.82) is 0 Å². The number of esters is 1. The second-order valence-corrected chi connectivity index (χ2v) is 17.6. The van der Waals surface area contributed by atoms with Crippen LogP contribution in [0, 0.1) is 29.1 Å². The molecule has 3 aliphatic carbocycles. The van der Waals surface area contributed by atoms with Crippen LogP contribution < -0.4 is 5.32 Å². The van der Waals surface area contributed by atoms with Gasteiger partial charge in [-0.05, 0) is 67.7 Å². The van der Waals surface area contributed by atoms with Gasteiger partial charge in [-0.2, -0.15) is 4.31 Å². The maximum atomic E-state index is 14.3. The summed E-state index contributed by atoms with van der Waals surface area (Å²) in [7, 11) is -3.98. The SMILES string of the molecule is CC1C2CC(COC2O)C1OC(=O)C[C@@H](Cc1ccccc1)[C@H](O)CN(CC1(C)CC1)S(=O)(=O)c1ccc2nc(NC3CC3)sc2c1. The lowest BCUT2D eigenvalue weighted by Crippen LogP contribution is -2.44. The van der Waals surface area contributed by atoms with Crippen LogP contribution in [-0.4, -0.2) is 78.1 Å². The summed E-state index contributed by atoms with van der Waals surface area (Å²) in [4.78, 5) is 18.3. The average Bonchev–Trinajstić information content (AvgIpc) is 3.95. The summed E-state index contributed by atoms with van der Waals surface area (Å²) < 4.78 is 42.3. The van der Waals surface area contributed by atoms with Gasteiger partial charge in [0.15, 0.2) is 11.4 Å². The van der Waals surface area contributed by atoms with E-state index < -0.39 is 34.3 Å². The number of carbonyl (C=O) groups excluding carboxylic acids is 1. The van der Waals surface area contributed by atoms with Crippen molar-refractivity contribution < 1.29 is 32.9 Å². The molecule has 2 bridgehead atoms. The number of fused-ring (bicyclic) bond motifs is 3. The summed E-state index contributed by atoms with van der Waals surface area (Å²) in [5, 5.41) is 26.2. The number of sulfonamides is 1. The predicted octanol–water partition coefficient (Wildman–Crippen LogP) is 4.80. The van der Waals surface area contributed by atoms with Crippen LogP contribution in [0.2, 0.25) is 0 Å². The van der Waals surface area contributed by atoms with Crippen LogP contribution in [-0.2, 0) is 30.7 Å². The number of benzene rings is 2. The molecule has 7 rings (SSSR count). The average molecular weight is 684 g/mol. The Morgan fingerprint density at radius 1 is 1.21 bits per heavy atom. The highest BCUT2D eigenvalue weighted by atomic mass is 32.2. The van der Waals surface area contributed by atoms with E-state index in [1.54, 1.807) is 18.2 Å². The highest BCUT2D eigenvalue weighted by Crippen LogP contribution is 2.47. The molecule has 2 heterocycles. The topological polar surface area (TPSA) is 138 Å². The van der Waals surface area contributed by atoms with Gasteiger partial charge in [0.2, 0.25) is 10.0 Å². The van der Waals surface area contributed by atoms with Gasteiger partial charge in [0.25, 0.3) is 0 Å². The van der Waals surface area contributed by atoms with Crippen LogP contribution in [0.25, 0.3) is 10.2 Å². The third-order valence-corrected chi connectivity index (χ3v) is 13.4. The van der Waals surface area contributed by atoms with Crippen molar-refractivity contribution in [3.05, 3.63) is 54.1 Å². The first-order valence-electron chi connectivity index (χ1n) is 16.9. The van der Waals surface area contributed by atoms with Crippen molar-refractivity contribution in [2.75, 3.05) is 25.0 Å². The number of ether oxygens (including phenoxy) is 2. The van der Waals surface area contributed by atoms with E-state index >= 15 is 0 Å². The Labute approximate surface area is 280 Å². The molecule has 12 heteroatoms. The summed E-state index contributed by atoms with van der Waals surface area (Å²) >= 11 is 1.45. The molecule has 0 amide bonds. The van der Waals surface area contributed by atoms with Crippen molar-refractivity contribution in [1.82, 2.24) is 9.29 Å². The minimum absolute atomic E-state index is 0.0243. The van der Waals surface area contributed by atoms with E-state index in [4.69, 9.17) is 9.47 Å². The first kappa shape index (κ1) is 32.9. The summed E-state index contributed by atoms with van der Waals surface area (Å²) in [5.74, 6) is -1.11. The molecule has 254 valence electrons. The molecule has 10 nitrogen and oxygen atoms in total. The molecule has 1 aromatic heterocycles. The molecule has 3 N–H and O–H groups in total. The number of thiazole rings is 1. The van der Waals surface area contributed by atoms with E-state index in [1.807, 2.05) is 37.3 Å². The van der Waals surface area contributed by atoms with Crippen molar-refractivity contribution in [3.8, 4) is 0 Å². The van der Waals surface area contributed by atoms with Gasteiger partial charge in [0.1, 0.15) is 6.10 Å². The molecule has 0 spiro atoms. The van der Waals surface area contributed by atoms with Gasteiger partial charge >= 0.3 is 5.97 Å².